The van der Waals surface area contributed by atoms with Crippen LogP contribution in [-0.2, 0) is 14.3 Å². The van der Waals surface area contributed by atoms with E-state index in [-0.39, 0.29) is 36.3 Å². The summed E-state index contributed by atoms with van der Waals surface area (Å²) in [5.74, 6) is 0.415. The number of carbonyl (C=O) groups excluding carboxylic acids is 2. The van der Waals surface area contributed by atoms with E-state index in [1.807, 2.05) is 38.1 Å². The lowest BCUT2D eigenvalue weighted by atomic mass is 10.1. The van der Waals surface area contributed by atoms with Gasteiger partial charge in [-0.1, -0.05) is 0 Å². The van der Waals surface area contributed by atoms with E-state index >= 15 is 0 Å². The molecule has 2 atom stereocenters. The van der Waals surface area contributed by atoms with Crippen LogP contribution in [0.1, 0.15) is 33.1 Å². The van der Waals surface area contributed by atoms with Crippen LogP contribution in [-0.4, -0.2) is 48.6 Å². The molecule has 2 unspecified atom stereocenters. The van der Waals surface area contributed by atoms with E-state index in [0.29, 0.717) is 18.8 Å². The second kappa shape index (κ2) is 7.87. The van der Waals surface area contributed by atoms with Crippen molar-refractivity contribution >= 4 is 17.5 Å². The molecule has 25 heavy (non-hydrogen) atoms. The van der Waals surface area contributed by atoms with Crippen LogP contribution in [0.3, 0.4) is 0 Å². The summed E-state index contributed by atoms with van der Waals surface area (Å²) in [7, 11) is 0. The number of rotatable bonds is 6. The molecule has 6 heteroatoms. The molecule has 0 aromatic heterocycles. The molecule has 0 aliphatic carbocycles. The first kappa shape index (κ1) is 17.7. The number of nitrogens with one attached hydrogen (secondary N) is 1. The Kier molecular flexibility index (Phi) is 5.58. The van der Waals surface area contributed by atoms with Crippen molar-refractivity contribution in [3.8, 4) is 5.75 Å². The zero-order chi connectivity index (χ0) is 17.8. The molecule has 1 N–H and O–H groups in total. The van der Waals surface area contributed by atoms with Gasteiger partial charge in [0.25, 0.3) is 0 Å². The summed E-state index contributed by atoms with van der Waals surface area (Å²) in [5, 5.41) is 2.89. The third-order valence-corrected chi connectivity index (χ3v) is 4.73. The van der Waals surface area contributed by atoms with Gasteiger partial charge in [-0.05, 0) is 51.0 Å². The number of nitrogens with zero attached hydrogens (tertiary/aromatic N) is 1. The van der Waals surface area contributed by atoms with Crippen molar-refractivity contribution in [3.63, 3.8) is 0 Å². The number of likely N-dealkylation sites (tertiary alicyclic amines) is 1. The van der Waals surface area contributed by atoms with Crippen molar-refractivity contribution in [2.45, 2.75) is 45.3 Å². The molecule has 2 aliphatic heterocycles. The zero-order valence-electron chi connectivity index (χ0n) is 14.9. The normalized spacial score (nSPS) is 23.3. The Balaban J connectivity index is 1.49. The minimum atomic E-state index is -0.287. The highest BCUT2D eigenvalue weighted by atomic mass is 16.5. The maximum Gasteiger partial charge on any atom is 0.229 e. The van der Waals surface area contributed by atoms with Crippen LogP contribution in [0.15, 0.2) is 24.3 Å². The van der Waals surface area contributed by atoms with Crippen LogP contribution < -0.4 is 10.1 Å². The molecule has 2 saturated heterocycles. The van der Waals surface area contributed by atoms with Gasteiger partial charge >= 0.3 is 0 Å². The molecular weight excluding hydrogens is 320 g/mol. The predicted molar refractivity (Wildman–Crippen MR) is 94.5 cm³/mol. The van der Waals surface area contributed by atoms with E-state index in [1.165, 1.54) is 0 Å². The van der Waals surface area contributed by atoms with E-state index in [0.717, 1.165) is 25.2 Å². The first-order valence-electron chi connectivity index (χ1n) is 8.97. The van der Waals surface area contributed by atoms with Crippen LogP contribution in [0.2, 0.25) is 0 Å². The van der Waals surface area contributed by atoms with Crippen molar-refractivity contribution in [1.29, 1.82) is 0 Å². The SMILES string of the molecule is CC(C)N1CC(C(=O)Nc2ccc(OCC3CCCO3)cc2)CC1=O. The second-order valence-corrected chi connectivity index (χ2v) is 7.00. The Morgan fingerprint density at radius 1 is 1.36 bits per heavy atom. The first-order valence-corrected chi connectivity index (χ1v) is 8.97. The zero-order valence-corrected chi connectivity index (χ0v) is 14.9. The highest BCUT2D eigenvalue weighted by molar-refractivity contribution is 5.97. The molecule has 0 spiro atoms. The van der Waals surface area contributed by atoms with Crippen LogP contribution in [0, 0.1) is 5.92 Å². The van der Waals surface area contributed by atoms with Crippen LogP contribution >= 0.6 is 0 Å². The van der Waals surface area contributed by atoms with Crippen molar-refractivity contribution in [2.75, 3.05) is 25.1 Å². The van der Waals surface area contributed by atoms with Crippen molar-refractivity contribution < 1.29 is 19.1 Å². The second-order valence-electron chi connectivity index (χ2n) is 7.00. The largest absolute Gasteiger partial charge is 0.491 e. The van der Waals surface area contributed by atoms with Gasteiger partial charge in [-0.15, -0.1) is 0 Å². The fraction of sp³-hybridized carbons (Fsp3) is 0.579. The van der Waals surface area contributed by atoms with Gasteiger partial charge in [-0.2, -0.15) is 0 Å². The molecule has 3 rings (SSSR count). The number of amides is 2. The number of hydrogen-bond donors (Lipinski definition) is 1. The topological polar surface area (TPSA) is 67.9 Å². The molecule has 2 heterocycles. The van der Waals surface area contributed by atoms with Gasteiger partial charge in [0.1, 0.15) is 12.4 Å². The Morgan fingerprint density at radius 2 is 2.12 bits per heavy atom. The van der Waals surface area contributed by atoms with Gasteiger partial charge in [-0.3, -0.25) is 9.59 Å². The molecule has 0 bridgehead atoms. The van der Waals surface area contributed by atoms with Gasteiger partial charge in [0.05, 0.1) is 12.0 Å². The van der Waals surface area contributed by atoms with Crippen molar-refractivity contribution in [1.82, 2.24) is 4.90 Å². The standard InChI is InChI=1S/C19H26N2O4/c1-13(2)21-11-14(10-18(21)22)19(23)20-15-5-7-16(8-6-15)25-12-17-4-3-9-24-17/h5-8,13-14,17H,3-4,9-12H2,1-2H3,(H,20,23). The maximum atomic E-state index is 12.4. The summed E-state index contributed by atoms with van der Waals surface area (Å²) in [6.45, 7) is 5.80. The summed E-state index contributed by atoms with van der Waals surface area (Å²) in [4.78, 5) is 26.1. The minimum Gasteiger partial charge on any atom is -0.491 e. The number of ether oxygens (including phenoxy) is 2. The molecular formula is C19H26N2O4. The van der Waals surface area contributed by atoms with Gasteiger partial charge in [0.2, 0.25) is 11.8 Å². The quantitative estimate of drug-likeness (QED) is 0.859. The summed E-state index contributed by atoms with van der Waals surface area (Å²) in [6.07, 6.45) is 2.61. The highest BCUT2D eigenvalue weighted by Gasteiger charge is 2.35. The number of benzene rings is 1. The number of carbonyl (C=O) groups is 2. The summed E-state index contributed by atoms with van der Waals surface area (Å²) < 4.78 is 11.2. The molecule has 0 radical (unpaired) electrons. The third kappa shape index (κ3) is 4.51. The predicted octanol–water partition coefficient (Wildman–Crippen LogP) is 2.44. The van der Waals surface area contributed by atoms with E-state index in [1.54, 1.807) is 4.90 Å². The Bertz CT molecular complexity index is 608. The van der Waals surface area contributed by atoms with Crippen LogP contribution in [0.25, 0.3) is 0 Å². The molecule has 2 aliphatic rings. The molecule has 2 fully saturated rings. The fourth-order valence-corrected chi connectivity index (χ4v) is 3.25. The number of anilines is 1. The average Bonchev–Trinajstić information content (AvgIpc) is 3.23. The lowest BCUT2D eigenvalue weighted by molar-refractivity contribution is -0.129. The maximum absolute atomic E-state index is 12.4. The van der Waals surface area contributed by atoms with Gasteiger partial charge < -0.3 is 19.7 Å². The molecule has 1 aromatic carbocycles. The smallest absolute Gasteiger partial charge is 0.229 e. The van der Waals surface area contributed by atoms with Crippen molar-refractivity contribution in [3.05, 3.63) is 24.3 Å². The molecule has 1 aromatic rings. The lowest BCUT2D eigenvalue weighted by Crippen LogP contribution is -2.33. The van der Waals surface area contributed by atoms with Crippen LogP contribution in [0.4, 0.5) is 5.69 Å². The van der Waals surface area contributed by atoms with Gasteiger partial charge in [-0.25, -0.2) is 0 Å². The summed E-state index contributed by atoms with van der Waals surface area (Å²) in [6, 6.07) is 7.44. The highest BCUT2D eigenvalue weighted by Crippen LogP contribution is 2.23. The van der Waals surface area contributed by atoms with E-state index in [9.17, 15) is 9.59 Å². The fourth-order valence-electron chi connectivity index (χ4n) is 3.25. The average molecular weight is 346 g/mol. The summed E-state index contributed by atoms with van der Waals surface area (Å²) >= 11 is 0. The Hall–Kier alpha value is -2.08. The van der Waals surface area contributed by atoms with E-state index in [2.05, 4.69) is 5.32 Å². The molecule has 2 amide bonds. The number of hydrogen-bond acceptors (Lipinski definition) is 4. The minimum absolute atomic E-state index is 0.0491. The van der Waals surface area contributed by atoms with Gasteiger partial charge in [0.15, 0.2) is 0 Å². The van der Waals surface area contributed by atoms with E-state index in [4.69, 9.17) is 9.47 Å². The first-order chi connectivity index (χ1) is 12.0. The Morgan fingerprint density at radius 3 is 2.72 bits per heavy atom. The van der Waals surface area contributed by atoms with Crippen LogP contribution in [0.5, 0.6) is 5.75 Å². The lowest BCUT2D eigenvalue weighted by Gasteiger charge is -2.20. The molecule has 136 valence electrons. The third-order valence-electron chi connectivity index (χ3n) is 4.73. The molecule has 6 nitrogen and oxygen atoms in total. The van der Waals surface area contributed by atoms with Gasteiger partial charge in [0, 0.05) is 31.3 Å². The summed E-state index contributed by atoms with van der Waals surface area (Å²) in [5.41, 5.74) is 0.713. The van der Waals surface area contributed by atoms with E-state index < -0.39 is 0 Å². The monoisotopic (exact) mass is 346 g/mol. The Labute approximate surface area is 148 Å². The molecule has 0 saturated carbocycles. The van der Waals surface area contributed by atoms with Crippen molar-refractivity contribution in [2.24, 2.45) is 5.92 Å².